The molecule has 0 N–H and O–H groups in total. The molecule has 0 heterocycles. The predicted molar refractivity (Wildman–Crippen MR) is 77.8 cm³/mol. The lowest BCUT2D eigenvalue weighted by Crippen LogP contribution is -1.71. The number of rotatable bonds is 4. The highest BCUT2D eigenvalue weighted by molar-refractivity contribution is 5.52. The van der Waals surface area contributed by atoms with Crippen LogP contribution >= 0.6 is 0 Å². The zero-order valence-electron chi connectivity index (χ0n) is 10.9. The van der Waals surface area contributed by atoms with Crippen LogP contribution in [-0.4, -0.2) is 0 Å². The molecule has 1 aromatic carbocycles. The predicted octanol–water partition coefficient (Wildman–Crippen LogP) is 5.17. The quantitative estimate of drug-likeness (QED) is 0.619. The standard InChI is InChI=1S/C17H20/c1-4-15(2)9-8-10-16(3)13-14-17-11-6-5-7-12-17/h4-14H,1-3H3/b9-8+,14-13+,15-4+,16-10+. The number of hydrogen-bond donors (Lipinski definition) is 0. The van der Waals surface area contributed by atoms with Crippen LogP contribution in [0.3, 0.4) is 0 Å². The van der Waals surface area contributed by atoms with Crippen molar-refractivity contribution in [3.63, 3.8) is 0 Å². The Labute approximate surface area is 105 Å². The molecule has 0 aromatic heterocycles. The summed E-state index contributed by atoms with van der Waals surface area (Å²) in [5, 5.41) is 0. The van der Waals surface area contributed by atoms with Crippen molar-refractivity contribution in [3.05, 3.63) is 77.4 Å². The van der Waals surface area contributed by atoms with E-state index >= 15 is 0 Å². The van der Waals surface area contributed by atoms with E-state index in [4.69, 9.17) is 0 Å². The molecule has 0 radical (unpaired) electrons. The van der Waals surface area contributed by atoms with Gasteiger partial charge in [0.1, 0.15) is 0 Å². The van der Waals surface area contributed by atoms with Gasteiger partial charge in [0.05, 0.1) is 0 Å². The number of benzene rings is 1. The van der Waals surface area contributed by atoms with Gasteiger partial charge >= 0.3 is 0 Å². The van der Waals surface area contributed by atoms with E-state index in [9.17, 15) is 0 Å². The van der Waals surface area contributed by atoms with Crippen molar-refractivity contribution in [1.82, 2.24) is 0 Å². The molecule has 88 valence electrons. The summed E-state index contributed by atoms with van der Waals surface area (Å²) in [6.07, 6.45) is 12.7. The van der Waals surface area contributed by atoms with E-state index in [0.717, 1.165) is 0 Å². The summed E-state index contributed by atoms with van der Waals surface area (Å²) in [6, 6.07) is 10.3. The summed E-state index contributed by atoms with van der Waals surface area (Å²) in [7, 11) is 0. The van der Waals surface area contributed by atoms with Gasteiger partial charge in [0, 0.05) is 0 Å². The van der Waals surface area contributed by atoms with Gasteiger partial charge in [-0.25, -0.2) is 0 Å². The lowest BCUT2D eigenvalue weighted by Gasteiger charge is -1.92. The summed E-state index contributed by atoms with van der Waals surface area (Å²) in [5.41, 5.74) is 3.75. The molecule has 0 aliphatic heterocycles. The van der Waals surface area contributed by atoms with Crippen molar-refractivity contribution in [3.8, 4) is 0 Å². The van der Waals surface area contributed by atoms with Gasteiger partial charge in [0.15, 0.2) is 0 Å². The maximum atomic E-state index is 2.13. The average molecular weight is 224 g/mol. The van der Waals surface area contributed by atoms with Crippen molar-refractivity contribution < 1.29 is 0 Å². The largest absolute Gasteiger partial charge is 0.0847 e. The molecule has 0 unspecified atom stereocenters. The highest BCUT2D eigenvalue weighted by atomic mass is 13.9. The maximum Gasteiger partial charge on any atom is -0.0257 e. The van der Waals surface area contributed by atoms with E-state index in [1.165, 1.54) is 16.7 Å². The van der Waals surface area contributed by atoms with Crippen LogP contribution in [-0.2, 0) is 0 Å². The first kappa shape index (κ1) is 13.2. The van der Waals surface area contributed by atoms with Gasteiger partial charge in [0.2, 0.25) is 0 Å². The second-order valence-electron chi connectivity index (χ2n) is 4.05. The zero-order valence-corrected chi connectivity index (χ0v) is 10.9. The Kier molecular flexibility index (Phi) is 5.81. The molecule has 0 atom stereocenters. The van der Waals surface area contributed by atoms with Gasteiger partial charge in [-0.15, -0.1) is 0 Å². The molecule has 1 aromatic rings. The number of hydrogen-bond acceptors (Lipinski definition) is 0. The summed E-state index contributed by atoms with van der Waals surface area (Å²) in [4.78, 5) is 0. The fraction of sp³-hybridized carbons (Fsp3) is 0.176. The lowest BCUT2D eigenvalue weighted by molar-refractivity contribution is 1.47. The van der Waals surface area contributed by atoms with Crippen molar-refractivity contribution >= 4 is 6.08 Å². The molecule has 0 amide bonds. The van der Waals surface area contributed by atoms with Gasteiger partial charge in [-0.1, -0.05) is 77.9 Å². The highest BCUT2D eigenvalue weighted by Crippen LogP contribution is 2.05. The van der Waals surface area contributed by atoms with Crippen molar-refractivity contribution in [2.45, 2.75) is 20.8 Å². The van der Waals surface area contributed by atoms with E-state index in [1.807, 2.05) is 25.1 Å². The van der Waals surface area contributed by atoms with Gasteiger partial charge in [-0.2, -0.15) is 0 Å². The molecule has 0 saturated carbocycles. The Morgan fingerprint density at radius 2 is 1.65 bits per heavy atom. The molecule has 0 spiro atoms. The third-order valence-electron chi connectivity index (χ3n) is 2.51. The molecule has 1 rings (SSSR count). The van der Waals surface area contributed by atoms with Gasteiger partial charge in [-0.3, -0.25) is 0 Å². The van der Waals surface area contributed by atoms with Crippen molar-refractivity contribution in [1.29, 1.82) is 0 Å². The second kappa shape index (κ2) is 7.45. The Bertz CT molecular complexity index is 442. The van der Waals surface area contributed by atoms with Gasteiger partial charge in [0.25, 0.3) is 0 Å². The topological polar surface area (TPSA) is 0 Å². The molecule has 0 saturated heterocycles. The first-order chi connectivity index (χ1) is 8.22. The second-order valence-corrected chi connectivity index (χ2v) is 4.05. The van der Waals surface area contributed by atoms with Crippen molar-refractivity contribution in [2.24, 2.45) is 0 Å². The van der Waals surface area contributed by atoms with Crippen LogP contribution in [0.2, 0.25) is 0 Å². The first-order valence-electron chi connectivity index (χ1n) is 5.93. The molecule has 17 heavy (non-hydrogen) atoms. The van der Waals surface area contributed by atoms with E-state index in [-0.39, 0.29) is 0 Å². The molecule has 0 aliphatic rings. The Balaban J connectivity index is 2.60. The molecule has 0 heteroatoms. The number of allylic oxidation sites excluding steroid dienone is 7. The summed E-state index contributed by atoms with van der Waals surface area (Å²) in [5.74, 6) is 0. The third kappa shape index (κ3) is 5.72. The molecular formula is C17H20. The van der Waals surface area contributed by atoms with E-state index in [0.29, 0.717) is 0 Å². The summed E-state index contributed by atoms with van der Waals surface area (Å²) < 4.78 is 0. The van der Waals surface area contributed by atoms with Crippen LogP contribution in [0.4, 0.5) is 0 Å². The smallest absolute Gasteiger partial charge is 0.0257 e. The third-order valence-corrected chi connectivity index (χ3v) is 2.51. The minimum atomic E-state index is 1.23. The summed E-state index contributed by atoms with van der Waals surface area (Å²) >= 11 is 0. The molecule has 0 nitrogen and oxygen atoms in total. The Hall–Kier alpha value is -1.82. The van der Waals surface area contributed by atoms with Crippen LogP contribution in [0, 0.1) is 0 Å². The summed E-state index contributed by atoms with van der Waals surface area (Å²) in [6.45, 7) is 6.25. The Morgan fingerprint density at radius 1 is 0.941 bits per heavy atom. The van der Waals surface area contributed by atoms with E-state index in [1.54, 1.807) is 0 Å². The highest BCUT2D eigenvalue weighted by Gasteiger charge is 1.83. The first-order valence-corrected chi connectivity index (χ1v) is 5.93. The van der Waals surface area contributed by atoms with E-state index < -0.39 is 0 Å². The van der Waals surface area contributed by atoms with Crippen LogP contribution < -0.4 is 0 Å². The minimum Gasteiger partial charge on any atom is -0.0847 e. The van der Waals surface area contributed by atoms with Crippen LogP contribution in [0.5, 0.6) is 0 Å². The van der Waals surface area contributed by atoms with Gasteiger partial charge < -0.3 is 0 Å². The molecule has 0 fully saturated rings. The molecule has 0 bridgehead atoms. The van der Waals surface area contributed by atoms with Gasteiger partial charge in [-0.05, 0) is 26.3 Å². The van der Waals surface area contributed by atoms with Crippen molar-refractivity contribution in [2.75, 3.05) is 0 Å². The Morgan fingerprint density at radius 3 is 2.29 bits per heavy atom. The fourth-order valence-electron chi connectivity index (χ4n) is 1.30. The molecule has 0 aliphatic carbocycles. The fourth-order valence-corrected chi connectivity index (χ4v) is 1.30. The maximum absolute atomic E-state index is 2.13. The lowest BCUT2D eigenvalue weighted by atomic mass is 10.1. The molecular weight excluding hydrogens is 204 g/mol. The minimum absolute atomic E-state index is 1.23. The average Bonchev–Trinajstić information content (AvgIpc) is 2.37. The van der Waals surface area contributed by atoms with Crippen LogP contribution in [0.25, 0.3) is 6.08 Å². The zero-order chi connectivity index (χ0) is 12.5. The SMILES string of the molecule is C/C=C(C)/C=C/C=C(C)/C=C/c1ccccc1. The van der Waals surface area contributed by atoms with Crippen LogP contribution in [0.15, 0.2) is 71.9 Å². The normalized spacial score (nSPS) is 13.8. The van der Waals surface area contributed by atoms with E-state index in [2.05, 4.69) is 62.4 Å². The monoisotopic (exact) mass is 224 g/mol. The van der Waals surface area contributed by atoms with Crippen LogP contribution in [0.1, 0.15) is 26.3 Å².